The third-order valence-corrected chi connectivity index (χ3v) is 14.5. The third kappa shape index (κ3) is 51.3. The molecule has 0 aliphatic carbocycles. The van der Waals surface area contributed by atoms with Crippen LogP contribution in [0.5, 0.6) is 0 Å². The van der Waals surface area contributed by atoms with E-state index in [4.69, 9.17) is 37.0 Å². The Morgan fingerprint density at radius 2 is 0.613 bits per heavy atom. The van der Waals surface area contributed by atoms with Crippen LogP contribution in [0.4, 0.5) is 0 Å². The molecule has 0 radical (unpaired) electrons. The maximum Gasteiger partial charge on any atom is 0.472 e. The van der Waals surface area contributed by atoms with Crippen LogP contribution >= 0.6 is 15.6 Å². The molecule has 0 aromatic rings. The number of carbonyl (C=O) groups excluding carboxylic acids is 4. The number of carbonyl (C=O) groups is 4. The van der Waals surface area contributed by atoms with E-state index in [1.807, 2.05) is 0 Å². The standard InChI is InChI=1S/C56H108O17P2/c1-8-9-10-20-30-37-53(58)66-43-51(73-56(61)40-33-26-19-17-23-29-36-49(6)7)45-70-74(62,63)68-41-50(57)42-69-75(64,65)71-46-52(44-67-54(59)38-31-24-18-16-22-28-35-48(4)5)72-55(60)39-32-25-15-13-11-12-14-21-27-34-47(2)3/h47-52,57H,8-46H2,1-7H3,(H,62,63)(H,64,65)/t50-,51+,52+/m0/s1. The monoisotopic (exact) mass is 1110 g/mol. The Bertz CT molecular complexity index is 1510. The maximum absolute atomic E-state index is 12.9. The highest BCUT2D eigenvalue weighted by molar-refractivity contribution is 7.47. The van der Waals surface area contributed by atoms with E-state index in [0.717, 1.165) is 109 Å². The molecule has 0 aliphatic rings. The molecule has 0 bridgehead atoms. The van der Waals surface area contributed by atoms with Crippen LogP contribution in [0.2, 0.25) is 0 Å². The molecule has 0 fully saturated rings. The number of esters is 4. The molecular weight excluding hydrogens is 1010 g/mol. The number of aliphatic hydroxyl groups excluding tert-OH is 1. The highest BCUT2D eigenvalue weighted by Gasteiger charge is 2.30. The van der Waals surface area contributed by atoms with Crippen LogP contribution in [-0.4, -0.2) is 96.7 Å². The Hall–Kier alpha value is -1.94. The van der Waals surface area contributed by atoms with Gasteiger partial charge in [-0.15, -0.1) is 0 Å². The molecule has 5 atom stereocenters. The summed E-state index contributed by atoms with van der Waals surface area (Å²) in [6, 6.07) is 0. The van der Waals surface area contributed by atoms with Gasteiger partial charge in [-0.25, -0.2) is 9.13 Å². The molecule has 2 unspecified atom stereocenters. The Kier molecular flexibility index (Phi) is 46.8. The highest BCUT2D eigenvalue weighted by atomic mass is 31.2. The minimum atomic E-state index is -4.93. The lowest BCUT2D eigenvalue weighted by Gasteiger charge is -2.21. The molecular formula is C56H108O17P2. The van der Waals surface area contributed by atoms with Gasteiger partial charge in [0.1, 0.15) is 19.3 Å². The van der Waals surface area contributed by atoms with Crippen LogP contribution in [0.25, 0.3) is 0 Å². The summed E-state index contributed by atoms with van der Waals surface area (Å²) in [4.78, 5) is 71.5. The lowest BCUT2D eigenvalue weighted by molar-refractivity contribution is -0.161. The van der Waals surface area contributed by atoms with Crippen molar-refractivity contribution in [1.29, 1.82) is 0 Å². The van der Waals surface area contributed by atoms with Gasteiger partial charge in [0.05, 0.1) is 26.4 Å². The van der Waals surface area contributed by atoms with Gasteiger partial charge in [-0.2, -0.15) is 0 Å². The van der Waals surface area contributed by atoms with Crippen molar-refractivity contribution < 1.29 is 80.2 Å². The van der Waals surface area contributed by atoms with E-state index >= 15 is 0 Å². The second-order valence-electron chi connectivity index (χ2n) is 21.8. The molecule has 3 N–H and O–H groups in total. The summed E-state index contributed by atoms with van der Waals surface area (Å²) in [6.07, 6.45) is 26.0. The fraction of sp³-hybridized carbons (Fsp3) is 0.929. The average Bonchev–Trinajstić information content (AvgIpc) is 3.34. The van der Waals surface area contributed by atoms with E-state index in [1.54, 1.807) is 0 Å². The van der Waals surface area contributed by atoms with Crippen LogP contribution in [0.3, 0.4) is 0 Å². The van der Waals surface area contributed by atoms with Crippen LogP contribution in [0.1, 0.15) is 260 Å². The molecule has 0 saturated carbocycles. The summed E-state index contributed by atoms with van der Waals surface area (Å²) < 4.78 is 67.4. The van der Waals surface area contributed by atoms with Crippen molar-refractivity contribution in [3.63, 3.8) is 0 Å². The van der Waals surface area contributed by atoms with E-state index in [1.165, 1.54) is 57.8 Å². The molecule has 444 valence electrons. The van der Waals surface area contributed by atoms with Gasteiger partial charge in [0.25, 0.3) is 0 Å². The second-order valence-corrected chi connectivity index (χ2v) is 24.7. The van der Waals surface area contributed by atoms with Crippen molar-refractivity contribution in [2.75, 3.05) is 39.6 Å². The normalized spacial score (nSPS) is 14.6. The van der Waals surface area contributed by atoms with Crippen molar-refractivity contribution in [2.45, 2.75) is 279 Å². The molecule has 17 nitrogen and oxygen atoms in total. The number of aliphatic hydroxyl groups is 1. The summed E-state index contributed by atoms with van der Waals surface area (Å²) in [5, 5.41) is 10.5. The summed E-state index contributed by atoms with van der Waals surface area (Å²) in [5.41, 5.74) is 0. The van der Waals surface area contributed by atoms with E-state index in [-0.39, 0.29) is 25.7 Å². The number of phosphoric acid groups is 2. The predicted octanol–water partition coefficient (Wildman–Crippen LogP) is 14.4. The zero-order valence-corrected chi connectivity index (χ0v) is 49.8. The summed E-state index contributed by atoms with van der Waals surface area (Å²) >= 11 is 0. The molecule has 0 heterocycles. The molecule has 0 aliphatic heterocycles. The maximum atomic E-state index is 12.9. The number of ether oxygens (including phenoxy) is 4. The van der Waals surface area contributed by atoms with Gasteiger partial charge >= 0.3 is 39.5 Å². The molecule has 19 heteroatoms. The zero-order chi connectivity index (χ0) is 56.0. The van der Waals surface area contributed by atoms with Crippen LogP contribution in [0, 0.1) is 17.8 Å². The summed E-state index contributed by atoms with van der Waals surface area (Å²) in [5.74, 6) is -0.0784. The lowest BCUT2D eigenvalue weighted by atomic mass is 10.0. The van der Waals surface area contributed by atoms with Crippen molar-refractivity contribution in [2.24, 2.45) is 17.8 Å². The second kappa shape index (κ2) is 48.0. The van der Waals surface area contributed by atoms with Crippen molar-refractivity contribution in [1.82, 2.24) is 0 Å². The molecule has 0 saturated heterocycles. The van der Waals surface area contributed by atoms with Gasteiger partial charge in [-0.3, -0.25) is 37.3 Å². The van der Waals surface area contributed by atoms with Gasteiger partial charge < -0.3 is 33.8 Å². The average molecular weight is 1120 g/mol. The first-order valence-corrected chi connectivity index (χ1v) is 32.3. The fourth-order valence-electron chi connectivity index (χ4n) is 8.07. The number of hydrogen-bond acceptors (Lipinski definition) is 15. The van der Waals surface area contributed by atoms with Crippen molar-refractivity contribution >= 4 is 39.5 Å². The predicted molar refractivity (Wildman–Crippen MR) is 294 cm³/mol. The number of rotatable bonds is 54. The van der Waals surface area contributed by atoms with Gasteiger partial charge in [0.15, 0.2) is 12.2 Å². The first-order valence-electron chi connectivity index (χ1n) is 29.3. The van der Waals surface area contributed by atoms with E-state index in [9.17, 15) is 43.2 Å². The quantitative estimate of drug-likeness (QED) is 0.0222. The third-order valence-electron chi connectivity index (χ3n) is 12.6. The van der Waals surface area contributed by atoms with Gasteiger partial charge in [0, 0.05) is 25.7 Å². The van der Waals surface area contributed by atoms with Crippen molar-refractivity contribution in [3.8, 4) is 0 Å². The Morgan fingerprint density at radius 3 is 0.907 bits per heavy atom. The smallest absolute Gasteiger partial charge is 0.462 e. The minimum absolute atomic E-state index is 0.100. The van der Waals surface area contributed by atoms with Gasteiger partial charge in [-0.1, -0.05) is 209 Å². The fourth-order valence-corrected chi connectivity index (χ4v) is 9.65. The van der Waals surface area contributed by atoms with Gasteiger partial charge in [0.2, 0.25) is 0 Å². The van der Waals surface area contributed by atoms with E-state index in [2.05, 4.69) is 48.5 Å². The molecule has 75 heavy (non-hydrogen) atoms. The minimum Gasteiger partial charge on any atom is -0.462 e. The largest absolute Gasteiger partial charge is 0.472 e. The molecule has 0 rings (SSSR count). The Labute approximate surface area is 454 Å². The van der Waals surface area contributed by atoms with Crippen LogP contribution < -0.4 is 0 Å². The number of hydrogen-bond donors (Lipinski definition) is 3. The Balaban J connectivity index is 5.19. The first kappa shape index (κ1) is 73.1. The van der Waals surface area contributed by atoms with Crippen LogP contribution in [-0.2, 0) is 65.4 Å². The molecule has 0 aromatic heterocycles. The molecule has 0 amide bonds. The number of phosphoric ester groups is 2. The van der Waals surface area contributed by atoms with Crippen LogP contribution in [0.15, 0.2) is 0 Å². The summed E-state index contributed by atoms with van der Waals surface area (Å²) in [6.45, 7) is 11.4. The highest BCUT2D eigenvalue weighted by Crippen LogP contribution is 2.45. The van der Waals surface area contributed by atoms with Crippen molar-refractivity contribution in [3.05, 3.63) is 0 Å². The van der Waals surface area contributed by atoms with E-state index < -0.39 is 97.5 Å². The Morgan fingerprint density at radius 1 is 0.360 bits per heavy atom. The topological polar surface area (TPSA) is 237 Å². The van der Waals surface area contributed by atoms with Gasteiger partial charge in [-0.05, 0) is 43.4 Å². The zero-order valence-electron chi connectivity index (χ0n) is 48.0. The number of unbranched alkanes of at least 4 members (excludes halogenated alkanes) is 22. The first-order chi connectivity index (χ1) is 35.7. The van der Waals surface area contributed by atoms with E-state index in [0.29, 0.717) is 37.5 Å². The SMILES string of the molecule is CCCCCCCC(=O)OC[C@H](COP(=O)(O)OC[C@H](O)COP(=O)(O)OC[C@@H](COC(=O)CCCCCCCCC(C)C)OC(=O)CCCCCCCCCCCC(C)C)OC(=O)CCCCCCCCC(C)C. The molecule has 0 spiro atoms. The molecule has 0 aromatic carbocycles. The lowest BCUT2D eigenvalue weighted by Crippen LogP contribution is -2.30. The summed E-state index contributed by atoms with van der Waals surface area (Å²) in [7, 11) is -9.86.